The lowest BCUT2D eigenvalue weighted by Gasteiger charge is -2.35. The van der Waals surface area contributed by atoms with Crippen molar-refractivity contribution in [1.29, 1.82) is 0 Å². The predicted octanol–water partition coefficient (Wildman–Crippen LogP) is 10.1. The first-order valence-corrected chi connectivity index (χ1v) is 19.2. The molecule has 0 heterocycles. The predicted molar refractivity (Wildman–Crippen MR) is 212 cm³/mol. The Morgan fingerprint density at radius 3 is 1.00 bits per heavy atom. The van der Waals surface area contributed by atoms with Gasteiger partial charge in [-0.05, 0) is 77.9 Å². The SMILES string of the molecule is Fc1cc(F)cc(-c2ccc([Si](c3ccc(-c4ccccc4)cc3)(c3ccc(-c4ccccc4)cc3)c3ccc(-c4ccccc4F)cc3)cc2)c1. The first-order valence-electron chi connectivity index (χ1n) is 17.2. The minimum atomic E-state index is -3.07. The molecule has 0 aliphatic rings. The summed E-state index contributed by atoms with van der Waals surface area (Å²) in [6.45, 7) is 0. The minimum Gasteiger partial charge on any atom is -0.207 e. The number of benzene rings is 8. The summed E-state index contributed by atoms with van der Waals surface area (Å²) in [4.78, 5) is 0. The molecule has 0 aliphatic carbocycles. The van der Waals surface area contributed by atoms with Crippen LogP contribution in [0.2, 0.25) is 0 Å². The van der Waals surface area contributed by atoms with Crippen molar-refractivity contribution in [2.45, 2.75) is 0 Å². The van der Waals surface area contributed by atoms with Gasteiger partial charge in [-0.1, -0.05) is 176 Å². The molecule has 8 rings (SSSR count). The van der Waals surface area contributed by atoms with E-state index in [0.29, 0.717) is 11.1 Å². The lowest BCUT2D eigenvalue weighted by atomic mass is 10.1. The molecule has 8 aromatic rings. The molecule has 0 aromatic heterocycles. The molecular formula is C48H33F3Si. The Bertz CT molecular complexity index is 2340. The van der Waals surface area contributed by atoms with E-state index in [1.165, 1.54) is 28.6 Å². The second-order valence-corrected chi connectivity index (χ2v) is 16.7. The van der Waals surface area contributed by atoms with Crippen LogP contribution in [-0.2, 0) is 0 Å². The Kier molecular flexibility index (Phi) is 8.98. The molecule has 0 atom stereocenters. The fraction of sp³-hybridized carbons (Fsp3) is 0. The highest BCUT2D eigenvalue weighted by Gasteiger charge is 2.41. The monoisotopic (exact) mass is 694 g/mol. The molecule has 0 bridgehead atoms. The van der Waals surface area contributed by atoms with Crippen LogP contribution in [0, 0.1) is 17.5 Å². The summed E-state index contributed by atoms with van der Waals surface area (Å²) in [5.74, 6) is -1.50. The van der Waals surface area contributed by atoms with Gasteiger partial charge in [0.25, 0.3) is 0 Å². The average molecular weight is 695 g/mol. The molecule has 0 amide bonds. The highest BCUT2D eigenvalue weighted by Crippen LogP contribution is 2.26. The molecule has 4 heteroatoms. The zero-order valence-electron chi connectivity index (χ0n) is 28.2. The van der Waals surface area contributed by atoms with Gasteiger partial charge in [-0.15, -0.1) is 0 Å². The molecule has 0 saturated heterocycles. The van der Waals surface area contributed by atoms with Gasteiger partial charge in [0.2, 0.25) is 0 Å². The molecule has 0 fully saturated rings. The molecule has 0 radical (unpaired) electrons. The number of hydrogen-bond acceptors (Lipinski definition) is 0. The summed E-state index contributed by atoms with van der Waals surface area (Å²) in [5.41, 5.74) is 7.04. The third kappa shape index (κ3) is 6.30. The zero-order valence-corrected chi connectivity index (χ0v) is 29.2. The maximum absolute atomic E-state index is 14.9. The van der Waals surface area contributed by atoms with Gasteiger partial charge in [-0.25, -0.2) is 13.2 Å². The van der Waals surface area contributed by atoms with Crippen molar-refractivity contribution < 1.29 is 13.2 Å². The Balaban J connectivity index is 1.36. The van der Waals surface area contributed by atoms with E-state index >= 15 is 0 Å². The van der Waals surface area contributed by atoms with E-state index in [9.17, 15) is 13.2 Å². The lowest BCUT2D eigenvalue weighted by Crippen LogP contribution is -2.74. The average Bonchev–Trinajstić information content (AvgIpc) is 3.20. The lowest BCUT2D eigenvalue weighted by molar-refractivity contribution is 0.584. The highest BCUT2D eigenvalue weighted by molar-refractivity contribution is 7.19. The van der Waals surface area contributed by atoms with Gasteiger partial charge in [-0.3, -0.25) is 0 Å². The molecule has 52 heavy (non-hydrogen) atoms. The maximum Gasteiger partial charge on any atom is 0.179 e. The summed E-state index contributed by atoms with van der Waals surface area (Å²) >= 11 is 0. The third-order valence-electron chi connectivity index (χ3n) is 9.87. The first kappa shape index (κ1) is 32.9. The Hall–Kier alpha value is -6.23. The molecule has 0 spiro atoms. The Morgan fingerprint density at radius 1 is 0.269 bits per heavy atom. The molecule has 8 aromatic carbocycles. The van der Waals surface area contributed by atoms with Crippen LogP contribution < -0.4 is 20.7 Å². The molecule has 250 valence electrons. The number of halogens is 3. The summed E-state index contributed by atoms with van der Waals surface area (Å²) in [6.07, 6.45) is 0. The van der Waals surface area contributed by atoms with Crippen LogP contribution in [0.15, 0.2) is 200 Å². The molecule has 0 aliphatic heterocycles. The second-order valence-electron chi connectivity index (χ2n) is 12.9. The van der Waals surface area contributed by atoms with E-state index in [4.69, 9.17) is 0 Å². The highest BCUT2D eigenvalue weighted by atomic mass is 28.3. The van der Waals surface area contributed by atoms with Crippen molar-refractivity contribution in [2.24, 2.45) is 0 Å². The van der Waals surface area contributed by atoms with E-state index in [1.54, 1.807) is 12.1 Å². The van der Waals surface area contributed by atoms with Gasteiger partial charge in [0.05, 0.1) is 0 Å². The molecular weight excluding hydrogens is 662 g/mol. The normalized spacial score (nSPS) is 11.4. The van der Waals surface area contributed by atoms with Crippen LogP contribution in [0.1, 0.15) is 0 Å². The molecule has 0 nitrogen and oxygen atoms in total. The molecule has 0 unspecified atom stereocenters. The number of rotatable bonds is 8. The third-order valence-corrected chi connectivity index (χ3v) is 14.7. The van der Waals surface area contributed by atoms with Crippen LogP contribution >= 0.6 is 0 Å². The Morgan fingerprint density at radius 2 is 0.596 bits per heavy atom. The smallest absolute Gasteiger partial charge is 0.179 e. The topological polar surface area (TPSA) is 0 Å². The van der Waals surface area contributed by atoms with Crippen molar-refractivity contribution in [1.82, 2.24) is 0 Å². The van der Waals surface area contributed by atoms with E-state index in [1.807, 2.05) is 66.7 Å². The van der Waals surface area contributed by atoms with Gasteiger partial charge in [0.15, 0.2) is 8.07 Å². The van der Waals surface area contributed by atoms with Crippen molar-refractivity contribution in [3.8, 4) is 44.5 Å². The standard InChI is InChI=1S/C48H33F3Si/c49-41-31-40(32-42(50)33-41)38-19-27-45(28-20-38)52(43-23-15-36(16-24-43)34-9-3-1-4-10-34,44-25-17-37(18-26-44)35-11-5-2-6-12-35)46-29-21-39(22-30-46)47-13-7-8-14-48(47)51/h1-33H. The maximum atomic E-state index is 14.9. The Labute approximate surface area is 303 Å². The van der Waals surface area contributed by atoms with Crippen LogP contribution in [-0.4, -0.2) is 8.07 Å². The fourth-order valence-corrected chi connectivity index (χ4v) is 12.0. The summed E-state index contributed by atoms with van der Waals surface area (Å²) < 4.78 is 43.5. The molecule has 0 saturated carbocycles. The fourth-order valence-electron chi connectivity index (χ4n) is 7.31. The van der Waals surface area contributed by atoms with Gasteiger partial charge in [0.1, 0.15) is 17.5 Å². The van der Waals surface area contributed by atoms with Crippen LogP contribution in [0.3, 0.4) is 0 Å². The summed E-state index contributed by atoms with van der Waals surface area (Å²) in [5, 5.41) is 4.56. The largest absolute Gasteiger partial charge is 0.207 e. The van der Waals surface area contributed by atoms with Crippen molar-refractivity contribution in [3.63, 3.8) is 0 Å². The van der Waals surface area contributed by atoms with E-state index in [-0.39, 0.29) is 5.82 Å². The second kappa shape index (κ2) is 14.2. The summed E-state index contributed by atoms with van der Waals surface area (Å²) in [7, 11) is -3.07. The number of hydrogen-bond donors (Lipinski definition) is 0. The minimum absolute atomic E-state index is 0.267. The van der Waals surface area contributed by atoms with Gasteiger partial charge in [-0.2, -0.15) is 0 Å². The van der Waals surface area contributed by atoms with Crippen molar-refractivity contribution >= 4 is 28.8 Å². The van der Waals surface area contributed by atoms with Gasteiger partial charge >= 0.3 is 0 Å². The quantitative estimate of drug-likeness (QED) is 0.110. The van der Waals surface area contributed by atoms with Gasteiger partial charge in [0, 0.05) is 11.6 Å². The molecule has 0 N–H and O–H groups in total. The van der Waals surface area contributed by atoms with Crippen molar-refractivity contribution in [2.75, 3.05) is 0 Å². The van der Waals surface area contributed by atoms with E-state index in [0.717, 1.165) is 49.8 Å². The van der Waals surface area contributed by atoms with Crippen LogP contribution in [0.5, 0.6) is 0 Å². The van der Waals surface area contributed by atoms with Gasteiger partial charge < -0.3 is 0 Å². The first-order chi connectivity index (χ1) is 25.5. The van der Waals surface area contributed by atoms with E-state index < -0.39 is 19.7 Å². The van der Waals surface area contributed by atoms with E-state index in [2.05, 4.69) is 97.1 Å². The summed E-state index contributed by atoms with van der Waals surface area (Å²) in [6, 6.07) is 65.1. The van der Waals surface area contributed by atoms with Crippen molar-refractivity contribution in [3.05, 3.63) is 218 Å². The van der Waals surface area contributed by atoms with Crippen LogP contribution in [0.4, 0.5) is 13.2 Å². The zero-order chi connectivity index (χ0) is 35.5. The van der Waals surface area contributed by atoms with Crippen LogP contribution in [0.25, 0.3) is 44.5 Å².